The molecule has 5 nitrogen and oxygen atoms in total. The molecule has 0 radical (unpaired) electrons. The summed E-state index contributed by atoms with van der Waals surface area (Å²) < 4.78 is 6.86. The van der Waals surface area contributed by atoms with Crippen molar-refractivity contribution in [2.75, 3.05) is 18.4 Å². The lowest BCUT2D eigenvalue weighted by molar-refractivity contribution is 0.455. The number of pyridine rings is 1. The van der Waals surface area contributed by atoms with Gasteiger partial charge in [-0.2, -0.15) is 0 Å². The molecule has 0 unspecified atom stereocenters. The first-order chi connectivity index (χ1) is 12.8. The van der Waals surface area contributed by atoms with E-state index in [1.54, 1.807) is 17.5 Å². The van der Waals surface area contributed by atoms with Gasteiger partial charge in [0.05, 0.1) is 5.69 Å². The number of ether oxygens (including phenoxy) is 1. The highest BCUT2D eigenvalue weighted by Gasteiger charge is 2.18. The molecular weight excluding hydrogens is 412 g/mol. The number of hydrogen-bond donors (Lipinski definition) is 2. The summed E-state index contributed by atoms with van der Waals surface area (Å²) in [6.45, 7) is 2.13. The van der Waals surface area contributed by atoms with Gasteiger partial charge in [-0.25, -0.2) is 9.97 Å². The molecule has 0 saturated carbocycles. The van der Waals surface area contributed by atoms with Crippen molar-refractivity contribution in [2.45, 2.75) is 18.8 Å². The molecule has 1 fully saturated rings. The van der Waals surface area contributed by atoms with E-state index >= 15 is 0 Å². The molecular formula is C19H19BrN4OS. The van der Waals surface area contributed by atoms with Crippen LogP contribution in [0.5, 0.6) is 11.5 Å². The lowest BCUT2D eigenvalue weighted by Gasteiger charge is -2.20. The van der Waals surface area contributed by atoms with E-state index in [0.717, 1.165) is 41.3 Å². The minimum absolute atomic E-state index is 0.543. The number of rotatable bonds is 5. The summed E-state index contributed by atoms with van der Waals surface area (Å²) in [5.74, 6) is 2.62. The molecule has 0 spiro atoms. The van der Waals surface area contributed by atoms with Crippen LogP contribution in [0.1, 0.15) is 24.5 Å². The van der Waals surface area contributed by atoms with Gasteiger partial charge in [0, 0.05) is 28.0 Å². The van der Waals surface area contributed by atoms with Crippen molar-refractivity contribution in [3.8, 4) is 11.5 Å². The molecule has 0 bridgehead atoms. The quantitative estimate of drug-likeness (QED) is 0.574. The minimum atomic E-state index is 0.543. The Balaban J connectivity index is 1.53. The van der Waals surface area contributed by atoms with E-state index in [1.807, 2.05) is 36.4 Å². The first-order valence-corrected chi connectivity index (χ1v) is 10.3. The predicted octanol–water partition coefficient (Wildman–Crippen LogP) is 5.30. The zero-order valence-corrected chi connectivity index (χ0v) is 16.5. The molecule has 0 amide bonds. The number of para-hydroxylation sites is 1. The molecule has 1 aliphatic rings. The van der Waals surface area contributed by atoms with Crippen LogP contribution in [0, 0.1) is 0 Å². The van der Waals surface area contributed by atoms with Crippen LogP contribution in [0.2, 0.25) is 0 Å². The summed E-state index contributed by atoms with van der Waals surface area (Å²) >= 11 is 5.07. The Hall–Kier alpha value is -1.96. The fourth-order valence-corrected chi connectivity index (χ4v) is 4.06. The van der Waals surface area contributed by atoms with Gasteiger partial charge in [-0.05, 0) is 54.0 Å². The highest BCUT2D eigenvalue weighted by atomic mass is 79.9. The standard InChI is InChI=1S/C19H19BrN4OS/c20-14-10-17(25-15-4-2-1-3-5-15)18(22-11-14)24-19-23-16(12-26-19)13-6-8-21-9-7-13/h1-5,10-13,21H,6-9H2,(H,22,23,24). The molecule has 0 aliphatic carbocycles. The van der Waals surface area contributed by atoms with Crippen molar-refractivity contribution in [3.05, 3.63) is 58.1 Å². The number of nitrogens with one attached hydrogen (secondary N) is 2. The van der Waals surface area contributed by atoms with Gasteiger partial charge in [-0.1, -0.05) is 18.2 Å². The number of hydrogen-bond acceptors (Lipinski definition) is 6. The summed E-state index contributed by atoms with van der Waals surface area (Å²) in [4.78, 5) is 9.24. The van der Waals surface area contributed by atoms with E-state index < -0.39 is 0 Å². The van der Waals surface area contributed by atoms with Gasteiger partial charge >= 0.3 is 0 Å². The Morgan fingerprint density at radius 3 is 2.81 bits per heavy atom. The highest BCUT2D eigenvalue weighted by Crippen LogP contribution is 2.34. The molecule has 0 atom stereocenters. The molecule has 7 heteroatoms. The third-order valence-corrected chi connectivity index (χ3v) is 5.50. The average molecular weight is 431 g/mol. The zero-order chi connectivity index (χ0) is 17.8. The number of anilines is 2. The first-order valence-electron chi connectivity index (χ1n) is 8.59. The lowest BCUT2D eigenvalue weighted by atomic mass is 9.96. The third-order valence-electron chi connectivity index (χ3n) is 4.30. The molecule has 134 valence electrons. The maximum absolute atomic E-state index is 6.00. The van der Waals surface area contributed by atoms with Crippen molar-refractivity contribution >= 4 is 38.2 Å². The van der Waals surface area contributed by atoms with Gasteiger partial charge in [-0.15, -0.1) is 11.3 Å². The van der Waals surface area contributed by atoms with Crippen molar-refractivity contribution in [3.63, 3.8) is 0 Å². The lowest BCUT2D eigenvalue weighted by Crippen LogP contribution is -2.26. The number of aromatic nitrogens is 2. The van der Waals surface area contributed by atoms with Gasteiger partial charge in [0.25, 0.3) is 0 Å². The van der Waals surface area contributed by atoms with Crippen LogP contribution in [-0.2, 0) is 0 Å². The molecule has 1 aliphatic heterocycles. The van der Waals surface area contributed by atoms with Crippen molar-refractivity contribution in [2.24, 2.45) is 0 Å². The second kappa shape index (κ2) is 8.16. The number of halogens is 1. The molecule has 4 rings (SSSR count). The Labute approximate surface area is 165 Å². The van der Waals surface area contributed by atoms with Gasteiger partial charge in [0.1, 0.15) is 5.75 Å². The van der Waals surface area contributed by atoms with Crippen LogP contribution < -0.4 is 15.4 Å². The van der Waals surface area contributed by atoms with E-state index in [4.69, 9.17) is 9.72 Å². The molecule has 3 aromatic rings. The van der Waals surface area contributed by atoms with E-state index in [1.165, 1.54) is 5.69 Å². The summed E-state index contributed by atoms with van der Waals surface area (Å²) in [7, 11) is 0. The Morgan fingerprint density at radius 2 is 2.00 bits per heavy atom. The smallest absolute Gasteiger partial charge is 0.188 e. The van der Waals surface area contributed by atoms with Crippen molar-refractivity contribution < 1.29 is 4.74 Å². The van der Waals surface area contributed by atoms with E-state index in [-0.39, 0.29) is 0 Å². The Bertz CT molecular complexity index is 865. The van der Waals surface area contributed by atoms with Crippen LogP contribution in [0.4, 0.5) is 10.9 Å². The fourth-order valence-electron chi connectivity index (χ4n) is 2.96. The maximum atomic E-state index is 6.00. The molecule has 1 saturated heterocycles. The van der Waals surface area contributed by atoms with E-state index in [2.05, 4.69) is 36.9 Å². The van der Waals surface area contributed by atoms with Crippen LogP contribution in [0.3, 0.4) is 0 Å². The zero-order valence-electron chi connectivity index (χ0n) is 14.1. The first kappa shape index (κ1) is 17.5. The molecule has 2 N–H and O–H groups in total. The monoisotopic (exact) mass is 430 g/mol. The molecule has 3 heterocycles. The number of nitrogens with zero attached hydrogens (tertiary/aromatic N) is 2. The third kappa shape index (κ3) is 4.23. The SMILES string of the molecule is Brc1cnc(Nc2nc(C3CCNCC3)cs2)c(Oc2ccccc2)c1. The topological polar surface area (TPSA) is 59.1 Å². The van der Waals surface area contributed by atoms with Crippen molar-refractivity contribution in [1.82, 2.24) is 15.3 Å². The van der Waals surface area contributed by atoms with Gasteiger partial charge in [-0.3, -0.25) is 0 Å². The minimum Gasteiger partial charge on any atom is -0.453 e. The Morgan fingerprint density at radius 1 is 1.19 bits per heavy atom. The maximum Gasteiger partial charge on any atom is 0.188 e. The second-order valence-electron chi connectivity index (χ2n) is 6.14. The fraction of sp³-hybridized carbons (Fsp3) is 0.263. The predicted molar refractivity (Wildman–Crippen MR) is 109 cm³/mol. The van der Waals surface area contributed by atoms with Crippen molar-refractivity contribution in [1.29, 1.82) is 0 Å². The highest BCUT2D eigenvalue weighted by molar-refractivity contribution is 9.10. The largest absolute Gasteiger partial charge is 0.453 e. The van der Waals surface area contributed by atoms with E-state index in [0.29, 0.717) is 17.5 Å². The molecule has 1 aromatic carbocycles. The molecule has 2 aromatic heterocycles. The van der Waals surface area contributed by atoms with Gasteiger partial charge in [0.2, 0.25) is 0 Å². The number of benzene rings is 1. The number of thiazole rings is 1. The van der Waals surface area contributed by atoms with Crippen LogP contribution in [0.25, 0.3) is 0 Å². The second-order valence-corrected chi connectivity index (χ2v) is 7.92. The number of piperidine rings is 1. The summed E-state index contributed by atoms with van der Waals surface area (Å²) in [6.07, 6.45) is 4.03. The van der Waals surface area contributed by atoms with Gasteiger partial charge < -0.3 is 15.4 Å². The summed E-state index contributed by atoms with van der Waals surface area (Å²) in [5, 5.41) is 9.70. The van der Waals surface area contributed by atoms with Crippen LogP contribution in [0.15, 0.2) is 52.4 Å². The average Bonchev–Trinajstić information content (AvgIpc) is 3.14. The van der Waals surface area contributed by atoms with Crippen LogP contribution in [-0.4, -0.2) is 23.1 Å². The summed E-state index contributed by atoms with van der Waals surface area (Å²) in [6, 6.07) is 11.6. The van der Waals surface area contributed by atoms with Gasteiger partial charge in [0.15, 0.2) is 16.7 Å². The normalized spacial score (nSPS) is 15.0. The molecule has 26 heavy (non-hydrogen) atoms. The van der Waals surface area contributed by atoms with Crippen LogP contribution >= 0.6 is 27.3 Å². The van der Waals surface area contributed by atoms with E-state index in [9.17, 15) is 0 Å². The summed E-state index contributed by atoms with van der Waals surface area (Å²) in [5.41, 5.74) is 1.17. The Kier molecular flexibility index (Phi) is 5.48.